The van der Waals surface area contributed by atoms with Gasteiger partial charge in [0.1, 0.15) is 17.3 Å². The van der Waals surface area contributed by atoms with Crippen molar-refractivity contribution < 1.29 is 13.9 Å². The third-order valence-electron chi connectivity index (χ3n) is 4.05. The Kier molecular flexibility index (Phi) is 5.67. The summed E-state index contributed by atoms with van der Waals surface area (Å²) in [6, 6.07) is 16.0. The minimum absolute atomic E-state index is 0.235. The van der Waals surface area contributed by atoms with Gasteiger partial charge in [0.05, 0.1) is 22.7 Å². The van der Waals surface area contributed by atoms with Crippen LogP contribution in [0.4, 0.5) is 5.69 Å². The number of amidine groups is 1. The molecule has 0 aliphatic carbocycles. The van der Waals surface area contributed by atoms with Gasteiger partial charge in [-0.25, -0.2) is 4.99 Å². The molecule has 1 aromatic heterocycles. The number of halogens is 2. The largest absolute Gasteiger partial charge is 0.497 e. The van der Waals surface area contributed by atoms with Crippen LogP contribution < -0.4 is 10.1 Å². The summed E-state index contributed by atoms with van der Waals surface area (Å²) in [6.07, 6.45) is 1.67. The molecule has 1 amide bonds. The zero-order valence-electron chi connectivity index (χ0n) is 15.1. The molecular weight excluding hydrogens is 431 g/mol. The average molecular weight is 445 g/mol. The summed E-state index contributed by atoms with van der Waals surface area (Å²) in [5.74, 6) is 1.60. The number of nitrogens with zero attached hydrogens (tertiary/aromatic N) is 1. The molecule has 29 heavy (non-hydrogen) atoms. The van der Waals surface area contributed by atoms with Crippen LogP contribution in [0, 0.1) is 0 Å². The van der Waals surface area contributed by atoms with Crippen LogP contribution in [0.3, 0.4) is 0 Å². The maximum absolute atomic E-state index is 12.3. The van der Waals surface area contributed by atoms with Crippen LogP contribution in [0.15, 0.2) is 68.9 Å². The predicted molar refractivity (Wildman–Crippen MR) is 118 cm³/mol. The van der Waals surface area contributed by atoms with Gasteiger partial charge < -0.3 is 14.5 Å². The first-order valence-electron chi connectivity index (χ1n) is 8.51. The maximum atomic E-state index is 12.3. The van der Waals surface area contributed by atoms with Gasteiger partial charge in [-0.1, -0.05) is 23.2 Å². The van der Waals surface area contributed by atoms with Crippen molar-refractivity contribution in [3.63, 3.8) is 0 Å². The van der Waals surface area contributed by atoms with Gasteiger partial charge in [-0.15, -0.1) is 0 Å². The van der Waals surface area contributed by atoms with E-state index in [1.54, 1.807) is 43.5 Å². The lowest BCUT2D eigenvalue weighted by Gasteiger charge is -2.01. The second-order valence-corrected chi connectivity index (χ2v) is 7.88. The summed E-state index contributed by atoms with van der Waals surface area (Å²) in [5.41, 5.74) is 1.40. The molecule has 0 atom stereocenters. The molecule has 3 aromatic rings. The molecule has 0 saturated carbocycles. The minimum Gasteiger partial charge on any atom is -0.497 e. The number of rotatable bonds is 4. The lowest BCUT2D eigenvalue weighted by atomic mass is 10.2. The topological polar surface area (TPSA) is 63.8 Å². The number of hydrogen-bond acceptors (Lipinski definition) is 5. The highest BCUT2D eigenvalue weighted by molar-refractivity contribution is 8.18. The van der Waals surface area contributed by atoms with Crippen molar-refractivity contribution in [2.24, 2.45) is 4.99 Å². The Labute approximate surface area is 181 Å². The van der Waals surface area contributed by atoms with E-state index in [1.807, 2.05) is 24.3 Å². The summed E-state index contributed by atoms with van der Waals surface area (Å²) in [7, 11) is 1.60. The van der Waals surface area contributed by atoms with Crippen molar-refractivity contribution in [2.75, 3.05) is 7.11 Å². The maximum Gasteiger partial charge on any atom is 0.264 e. The number of aliphatic imine (C=N–C) groups is 1. The van der Waals surface area contributed by atoms with Crippen molar-refractivity contribution in [1.29, 1.82) is 0 Å². The number of methoxy groups -OCH3 is 1. The van der Waals surface area contributed by atoms with E-state index in [0.29, 0.717) is 42.9 Å². The first-order chi connectivity index (χ1) is 14.0. The fourth-order valence-electron chi connectivity index (χ4n) is 2.65. The Balaban J connectivity index is 1.54. The van der Waals surface area contributed by atoms with Gasteiger partial charge in [0.15, 0.2) is 5.17 Å². The Morgan fingerprint density at radius 2 is 1.90 bits per heavy atom. The highest BCUT2D eigenvalue weighted by atomic mass is 35.5. The van der Waals surface area contributed by atoms with Crippen LogP contribution in [0.25, 0.3) is 17.4 Å². The Morgan fingerprint density at radius 1 is 1.10 bits per heavy atom. The lowest BCUT2D eigenvalue weighted by molar-refractivity contribution is -0.115. The molecule has 0 unspecified atom stereocenters. The molecule has 146 valence electrons. The zero-order chi connectivity index (χ0) is 20.4. The van der Waals surface area contributed by atoms with E-state index in [-0.39, 0.29) is 5.91 Å². The molecule has 2 heterocycles. The number of carbonyl (C=O) groups excluding carboxylic acids is 1. The number of nitrogens with one attached hydrogen (secondary N) is 1. The molecule has 5 nitrogen and oxygen atoms in total. The second-order valence-electron chi connectivity index (χ2n) is 6.01. The molecule has 8 heteroatoms. The molecule has 1 aliphatic heterocycles. The lowest BCUT2D eigenvalue weighted by Crippen LogP contribution is -2.19. The third kappa shape index (κ3) is 4.50. The molecule has 0 radical (unpaired) electrons. The van der Waals surface area contributed by atoms with Crippen molar-refractivity contribution in [1.82, 2.24) is 5.32 Å². The van der Waals surface area contributed by atoms with Gasteiger partial charge >= 0.3 is 0 Å². The van der Waals surface area contributed by atoms with Crippen molar-refractivity contribution in [3.05, 3.63) is 75.3 Å². The van der Waals surface area contributed by atoms with Crippen LogP contribution in [-0.2, 0) is 4.79 Å². The van der Waals surface area contributed by atoms with E-state index in [0.717, 1.165) is 5.75 Å². The van der Waals surface area contributed by atoms with E-state index in [9.17, 15) is 4.79 Å². The Bertz CT molecular complexity index is 1140. The van der Waals surface area contributed by atoms with Crippen LogP contribution in [0.2, 0.25) is 10.0 Å². The van der Waals surface area contributed by atoms with Crippen LogP contribution in [0.1, 0.15) is 5.76 Å². The van der Waals surface area contributed by atoms with Crippen molar-refractivity contribution in [3.8, 4) is 17.1 Å². The normalized spacial score (nSPS) is 16.4. The summed E-state index contributed by atoms with van der Waals surface area (Å²) >= 11 is 13.5. The van der Waals surface area contributed by atoms with Crippen molar-refractivity contribution >= 4 is 57.8 Å². The van der Waals surface area contributed by atoms with Gasteiger partial charge in [0.25, 0.3) is 5.91 Å². The SMILES string of the molecule is COc1ccc(N=C2NC(=O)/C(=C\c3ccc(-c4cc(Cl)ccc4Cl)o3)S2)cc1. The molecule has 1 saturated heterocycles. The first kappa shape index (κ1) is 19.6. The highest BCUT2D eigenvalue weighted by Crippen LogP contribution is 2.34. The summed E-state index contributed by atoms with van der Waals surface area (Å²) in [6.45, 7) is 0. The van der Waals surface area contributed by atoms with Gasteiger partial charge in [-0.2, -0.15) is 0 Å². The van der Waals surface area contributed by atoms with Gasteiger partial charge in [-0.05, 0) is 66.4 Å². The van der Waals surface area contributed by atoms with Gasteiger partial charge in [0, 0.05) is 16.7 Å². The van der Waals surface area contributed by atoms with Gasteiger partial charge in [0.2, 0.25) is 0 Å². The van der Waals surface area contributed by atoms with E-state index in [1.165, 1.54) is 11.8 Å². The van der Waals surface area contributed by atoms with Crippen LogP contribution in [0.5, 0.6) is 5.75 Å². The molecule has 0 bridgehead atoms. The van der Waals surface area contributed by atoms with E-state index in [2.05, 4.69) is 10.3 Å². The predicted octanol–water partition coefficient (Wildman–Crippen LogP) is 6.15. The van der Waals surface area contributed by atoms with E-state index < -0.39 is 0 Å². The number of ether oxygens (including phenoxy) is 1. The summed E-state index contributed by atoms with van der Waals surface area (Å²) in [4.78, 5) is 17.2. The molecular formula is C21H14Cl2N2O3S. The average Bonchev–Trinajstić information content (AvgIpc) is 3.31. The number of thioether (sulfide) groups is 1. The fraction of sp³-hybridized carbons (Fsp3) is 0.0476. The van der Waals surface area contributed by atoms with Crippen LogP contribution >= 0.6 is 35.0 Å². The number of amides is 1. The Hall–Kier alpha value is -2.67. The molecule has 1 N–H and O–H groups in total. The Morgan fingerprint density at radius 3 is 2.66 bits per heavy atom. The molecule has 2 aromatic carbocycles. The number of carbonyl (C=O) groups is 1. The number of benzene rings is 2. The molecule has 1 fully saturated rings. The van der Waals surface area contributed by atoms with Crippen LogP contribution in [-0.4, -0.2) is 18.2 Å². The summed E-state index contributed by atoms with van der Waals surface area (Å²) in [5, 5.41) is 4.34. The second kappa shape index (κ2) is 8.37. The number of furan rings is 1. The minimum atomic E-state index is -0.235. The van der Waals surface area contributed by atoms with E-state index >= 15 is 0 Å². The molecule has 0 spiro atoms. The summed E-state index contributed by atoms with van der Waals surface area (Å²) < 4.78 is 11.0. The highest BCUT2D eigenvalue weighted by Gasteiger charge is 2.24. The monoisotopic (exact) mass is 444 g/mol. The van der Waals surface area contributed by atoms with Crippen molar-refractivity contribution in [2.45, 2.75) is 0 Å². The molecule has 1 aliphatic rings. The first-order valence-corrected chi connectivity index (χ1v) is 10.1. The standard InChI is InChI=1S/C21H14Cl2N2O3S/c1-27-14-5-3-13(4-6-14)24-21-25-20(26)19(29-21)11-15-7-9-18(28-15)16-10-12(22)2-8-17(16)23/h2-11H,1H3,(H,24,25,26)/b19-11+. The van der Waals surface area contributed by atoms with E-state index in [4.69, 9.17) is 32.4 Å². The smallest absolute Gasteiger partial charge is 0.264 e. The third-order valence-corrected chi connectivity index (χ3v) is 5.52. The zero-order valence-corrected chi connectivity index (χ0v) is 17.4. The quantitative estimate of drug-likeness (QED) is 0.489. The fourth-order valence-corrected chi connectivity index (χ4v) is 3.85. The number of hydrogen-bond donors (Lipinski definition) is 1. The van der Waals surface area contributed by atoms with Gasteiger partial charge in [-0.3, -0.25) is 4.79 Å². The molecule has 4 rings (SSSR count).